The average molecular weight is 250 g/mol. The van der Waals surface area contributed by atoms with E-state index in [9.17, 15) is 9.00 Å². The second-order valence-electron chi connectivity index (χ2n) is 3.98. The first kappa shape index (κ1) is 10.5. The highest BCUT2D eigenvalue weighted by atomic mass is 32.2. The zero-order chi connectivity index (χ0) is 12.0. The van der Waals surface area contributed by atoms with Crippen LogP contribution in [0.2, 0.25) is 0 Å². The maximum absolute atomic E-state index is 11.4. The number of carboxylic acids is 1. The molecule has 1 aliphatic rings. The van der Waals surface area contributed by atoms with E-state index in [2.05, 4.69) is 4.98 Å². The van der Waals surface area contributed by atoms with E-state index >= 15 is 0 Å². The van der Waals surface area contributed by atoms with Gasteiger partial charge in [-0.05, 0) is 18.2 Å². The van der Waals surface area contributed by atoms with Crippen LogP contribution >= 0.6 is 0 Å². The minimum Gasteiger partial charge on any atom is -0.478 e. The van der Waals surface area contributed by atoms with E-state index in [1.165, 1.54) is 0 Å². The summed E-state index contributed by atoms with van der Waals surface area (Å²) in [7, 11) is -0.842. The number of benzene rings is 1. The summed E-state index contributed by atoms with van der Waals surface area (Å²) in [6.45, 7) is 0.685. The van der Waals surface area contributed by atoms with Crippen molar-refractivity contribution < 1.29 is 14.1 Å². The summed E-state index contributed by atoms with van der Waals surface area (Å²) in [5, 5.41) is 8.91. The molecule has 5 nitrogen and oxygen atoms in total. The highest BCUT2D eigenvalue weighted by molar-refractivity contribution is 7.84. The summed E-state index contributed by atoms with van der Waals surface area (Å²) in [5.74, 6) is 0.921. The Balaban J connectivity index is 2.20. The predicted molar refractivity (Wildman–Crippen MR) is 63.4 cm³/mol. The summed E-state index contributed by atoms with van der Waals surface area (Å²) < 4.78 is 13.5. The molecule has 2 aromatic rings. The normalized spacial score (nSPS) is 19.2. The van der Waals surface area contributed by atoms with Crippen molar-refractivity contribution in [1.29, 1.82) is 0 Å². The molecule has 6 heteroatoms. The van der Waals surface area contributed by atoms with Gasteiger partial charge in [0.05, 0.1) is 22.3 Å². The number of aromatic carboxylic acids is 1. The number of rotatable bonds is 1. The lowest BCUT2D eigenvalue weighted by atomic mass is 10.2. The zero-order valence-corrected chi connectivity index (χ0v) is 9.74. The third kappa shape index (κ3) is 1.64. The molecule has 0 unspecified atom stereocenters. The monoisotopic (exact) mass is 250 g/mol. The van der Waals surface area contributed by atoms with E-state index in [-0.39, 0.29) is 5.56 Å². The number of nitrogens with zero attached hydrogens (tertiary/aromatic N) is 2. The lowest BCUT2D eigenvalue weighted by Crippen LogP contribution is -2.19. The molecule has 0 bridgehead atoms. The van der Waals surface area contributed by atoms with E-state index in [4.69, 9.17) is 5.11 Å². The Bertz CT molecular complexity index is 647. The first-order chi connectivity index (χ1) is 8.15. The summed E-state index contributed by atoms with van der Waals surface area (Å²) in [6, 6.07) is 4.90. The molecule has 0 saturated heterocycles. The Morgan fingerprint density at radius 2 is 2.29 bits per heavy atom. The van der Waals surface area contributed by atoms with Gasteiger partial charge in [-0.15, -0.1) is 0 Å². The van der Waals surface area contributed by atoms with Gasteiger partial charge in [0, 0.05) is 23.1 Å². The molecule has 1 N–H and O–H groups in total. The number of fused-ring (bicyclic) bond motifs is 3. The van der Waals surface area contributed by atoms with Gasteiger partial charge in [0.25, 0.3) is 0 Å². The number of imidazole rings is 1. The van der Waals surface area contributed by atoms with Gasteiger partial charge >= 0.3 is 5.97 Å². The van der Waals surface area contributed by atoms with Crippen molar-refractivity contribution in [2.75, 3.05) is 5.75 Å². The Kier molecular flexibility index (Phi) is 2.25. The molecule has 1 atom stereocenters. The molecule has 1 aliphatic heterocycles. The second-order valence-corrected chi connectivity index (χ2v) is 5.55. The Morgan fingerprint density at radius 1 is 1.47 bits per heavy atom. The van der Waals surface area contributed by atoms with Gasteiger partial charge in [0.15, 0.2) is 0 Å². The maximum atomic E-state index is 11.4. The number of aryl methyl sites for hydroxylation is 1. The zero-order valence-electron chi connectivity index (χ0n) is 8.92. The van der Waals surface area contributed by atoms with E-state index < -0.39 is 16.8 Å². The van der Waals surface area contributed by atoms with Crippen molar-refractivity contribution in [1.82, 2.24) is 9.55 Å². The minimum absolute atomic E-state index is 0.231. The van der Waals surface area contributed by atoms with E-state index in [0.717, 1.165) is 11.3 Å². The molecule has 0 amide bonds. The van der Waals surface area contributed by atoms with E-state index in [1.807, 2.05) is 4.57 Å². The standard InChI is InChI=1S/C11H10N2O3S/c14-11(15)7-1-2-9-8(5-7)12-10-6-17(16)4-3-13(9)10/h1-2,5H,3-4,6H2,(H,14,15)/t17-/m0/s1. The van der Waals surface area contributed by atoms with Crippen LogP contribution in [0.1, 0.15) is 16.2 Å². The molecule has 0 radical (unpaired) electrons. The van der Waals surface area contributed by atoms with Crippen molar-refractivity contribution in [3.05, 3.63) is 29.6 Å². The first-order valence-corrected chi connectivity index (χ1v) is 6.71. The lowest BCUT2D eigenvalue weighted by molar-refractivity contribution is 0.0697. The first-order valence-electron chi connectivity index (χ1n) is 5.22. The third-order valence-electron chi connectivity index (χ3n) is 2.91. The predicted octanol–water partition coefficient (Wildman–Crippen LogP) is 0.997. The Morgan fingerprint density at radius 3 is 3.06 bits per heavy atom. The highest BCUT2D eigenvalue weighted by Gasteiger charge is 2.19. The smallest absolute Gasteiger partial charge is 0.335 e. The summed E-state index contributed by atoms with van der Waals surface area (Å²) in [6.07, 6.45) is 0. The van der Waals surface area contributed by atoms with Crippen LogP contribution < -0.4 is 0 Å². The molecule has 88 valence electrons. The largest absolute Gasteiger partial charge is 0.478 e. The molecule has 0 fully saturated rings. The summed E-state index contributed by atoms with van der Waals surface area (Å²) in [4.78, 5) is 15.2. The van der Waals surface area contributed by atoms with Gasteiger partial charge in [-0.3, -0.25) is 4.21 Å². The molecule has 0 saturated carbocycles. The van der Waals surface area contributed by atoms with Crippen LogP contribution in [0.15, 0.2) is 18.2 Å². The maximum Gasteiger partial charge on any atom is 0.335 e. The molecule has 2 heterocycles. The number of hydrogen-bond donors (Lipinski definition) is 1. The summed E-state index contributed by atoms with van der Waals surface area (Å²) in [5.41, 5.74) is 1.81. The van der Waals surface area contributed by atoms with Gasteiger partial charge in [-0.25, -0.2) is 9.78 Å². The van der Waals surface area contributed by atoms with Gasteiger partial charge in [0.1, 0.15) is 5.82 Å². The second kappa shape index (κ2) is 3.66. The van der Waals surface area contributed by atoms with Crippen LogP contribution in [0.5, 0.6) is 0 Å². The van der Waals surface area contributed by atoms with Crippen molar-refractivity contribution in [3.8, 4) is 0 Å². The van der Waals surface area contributed by atoms with Crippen molar-refractivity contribution >= 4 is 27.8 Å². The fraction of sp³-hybridized carbons (Fsp3) is 0.273. The van der Waals surface area contributed by atoms with Crippen LogP contribution in [0.3, 0.4) is 0 Å². The highest BCUT2D eigenvalue weighted by Crippen LogP contribution is 2.21. The molecule has 0 aliphatic carbocycles. The molecule has 0 spiro atoms. The Hall–Kier alpha value is -1.69. The number of aromatic nitrogens is 2. The van der Waals surface area contributed by atoms with Crippen LogP contribution in [0.4, 0.5) is 0 Å². The number of hydrogen-bond acceptors (Lipinski definition) is 3. The van der Waals surface area contributed by atoms with E-state index in [0.29, 0.717) is 23.6 Å². The third-order valence-corrected chi connectivity index (χ3v) is 4.12. The molecule has 17 heavy (non-hydrogen) atoms. The molecule has 1 aromatic carbocycles. The van der Waals surface area contributed by atoms with Crippen LogP contribution in [0.25, 0.3) is 11.0 Å². The van der Waals surface area contributed by atoms with E-state index in [1.54, 1.807) is 18.2 Å². The molecule has 1 aromatic heterocycles. The SMILES string of the molecule is O=C(O)c1ccc2c(c1)nc1n2CC[S@](=O)C1. The van der Waals surface area contributed by atoms with Gasteiger partial charge in [-0.2, -0.15) is 0 Å². The summed E-state index contributed by atoms with van der Waals surface area (Å²) >= 11 is 0. The molecular formula is C11H10N2O3S. The molecule has 3 rings (SSSR count). The minimum atomic E-state index is -0.957. The van der Waals surface area contributed by atoms with Crippen LogP contribution in [-0.2, 0) is 23.1 Å². The van der Waals surface area contributed by atoms with Crippen LogP contribution in [-0.4, -0.2) is 30.6 Å². The number of carboxylic acid groups (broad SMARTS) is 1. The topological polar surface area (TPSA) is 72.2 Å². The van der Waals surface area contributed by atoms with Crippen molar-refractivity contribution in [3.63, 3.8) is 0 Å². The lowest BCUT2D eigenvalue weighted by Gasteiger charge is -2.13. The molecular weight excluding hydrogens is 240 g/mol. The number of carbonyl (C=O) groups is 1. The van der Waals surface area contributed by atoms with Crippen molar-refractivity contribution in [2.45, 2.75) is 12.3 Å². The van der Waals surface area contributed by atoms with Crippen molar-refractivity contribution in [2.24, 2.45) is 0 Å². The fourth-order valence-electron chi connectivity index (χ4n) is 2.08. The Labute approximate surface area is 99.5 Å². The van der Waals surface area contributed by atoms with Gasteiger partial charge < -0.3 is 9.67 Å². The van der Waals surface area contributed by atoms with Gasteiger partial charge in [-0.1, -0.05) is 0 Å². The average Bonchev–Trinajstić information content (AvgIpc) is 2.64. The fourth-order valence-corrected chi connectivity index (χ4v) is 3.12. The van der Waals surface area contributed by atoms with Crippen LogP contribution in [0, 0.1) is 0 Å². The van der Waals surface area contributed by atoms with Gasteiger partial charge in [0.2, 0.25) is 0 Å². The quantitative estimate of drug-likeness (QED) is 0.819.